The minimum Gasteiger partial charge on any atom is -0.326 e. The molecule has 174 valence electrons. The van der Waals surface area contributed by atoms with Gasteiger partial charge in [-0.15, -0.1) is 0 Å². The first-order chi connectivity index (χ1) is 16.1. The normalized spacial score (nSPS) is 12.6. The number of hydrogen-bond acceptors (Lipinski definition) is 6. The summed E-state index contributed by atoms with van der Waals surface area (Å²) >= 11 is 0. The Kier molecular flexibility index (Phi) is 4.93. The predicted octanol–water partition coefficient (Wildman–Crippen LogP) is 4.16. The molecule has 5 aromatic rings. The predicted molar refractivity (Wildman–Crippen MR) is 119 cm³/mol. The minimum atomic E-state index is -4.64. The Morgan fingerprint density at radius 1 is 1.06 bits per heavy atom. The van der Waals surface area contributed by atoms with Crippen LogP contribution in [0.2, 0.25) is 0 Å². The van der Waals surface area contributed by atoms with E-state index in [0.717, 1.165) is 17.8 Å². The van der Waals surface area contributed by atoms with E-state index in [1.165, 1.54) is 16.0 Å². The van der Waals surface area contributed by atoms with Gasteiger partial charge in [-0.3, -0.25) is 0 Å². The number of aromatic nitrogens is 6. The number of benzene rings is 1. The summed E-state index contributed by atoms with van der Waals surface area (Å²) in [6, 6.07) is 11.8. The maximum atomic E-state index is 13.2. The van der Waals surface area contributed by atoms with E-state index < -0.39 is 21.7 Å². The van der Waals surface area contributed by atoms with E-state index in [4.69, 9.17) is 0 Å². The maximum Gasteiger partial charge on any atom is 0.433 e. The summed E-state index contributed by atoms with van der Waals surface area (Å²) in [7, 11) is -2.25. The van der Waals surface area contributed by atoms with Gasteiger partial charge in [0.1, 0.15) is 17.1 Å². The third-order valence-electron chi connectivity index (χ3n) is 5.48. The number of imidazole rings is 1. The fraction of sp³-hybridized carbons (Fsp3) is 0.182. The second-order valence-corrected chi connectivity index (χ2v) is 9.77. The molecule has 12 heteroatoms. The zero-order valence-electron chi connectivity index (χ0n) is 17.9. The van der Waals surface area contributed by atoms with Crippen molar-refractivity contribution in [3.8, 4) is 22.6 Å². The third-order valence-corrected chi connectivity index (χ3v) is 7.11. The Balaban J connectivity index is 1.83. The summed E-state index contributed by atoms with van der Waals surface area (Å²) in [4.78, 5) is 12.5. The second kappa shape index (κ2) is 7.62. The van der Waals surface area contributed by atoms with Crippen molar-refractivity contribution >= 4 is 26.5 Å². The molecule has 0 radical (unpaired) electrons. The molecule has 5 rings (SSSR count). The van der Waals surface area contributed by atoms with Crippen LogP contribution in [-0.4, -0.2) is 43.3 Å². The van der Waals surface area contributed by atoms with Crippen molar-refractivity contribution in [2.75, 3.05) is 5.75 Å². The Bertz CT molecular complexity index is 1660. The molecule has 0 bridgehead atoms. The highest BCUT2D eigenvalue weighted by Crippen LogP contribution is 2.35. The number of pyridine rings is 1. The lowest BCUT2D eigenvalue weighted by molar-refractivity contribution is -0.141. The number of rotatable bonds is 4. The molecule has 0 N–H and O–H groups in total. The van der Waals surface area contributed by atoms with Gasteiger partial charge in [0.2, 0.25) is 0 Å². The van der Waals surface area contributed by atoms with Crippen LogP contribution < -0.4 is 0 Å². The van der Waals surface area contributed by atoms with Crippen LogP contribution >= 0.6 is 0 Å². The molecular formula is C22H17F3N6O2S. The molecule has 4 heterocycles. The monoisotopic (exact) mass is 486 g/mol. The minimum absolute atomic E-state index is 0.0261. The van der Waals surface area contributed by atoms with Crippen LogP contribution in [0.1, 0.15) is 12.6 Å². The molecule has 1 aromatic carbocycles. The van der Waals surface area contributed by atoms with E-state index in [0.29, 0.717) is 11.2 Å². The first-order valence-electron chi connectivity index (χ1n) is 10.2. The fourth-order valence-corrected chi connectivity index (χ4v) is 4.68. The molecule has 0 aliphatic rings. The van der Waals surface area contributed by atoms with Crippen molar-refractivity contribution < 1.29 is 21.6 Å². The van der Waals surface area contributed by atoms with Crippen molar-refractivity contribution in [2.24, 2.45) is 7.05 Å². The van der Waals surface area contributed by atoms with Crippen LogP contribution in [0.4, 0.5) is 13.2 Å². The Hall–Kier alpha value is -3.80. The number of hydrogen-bond donors (Lipinski definition) is 0. The van der Waals surface area contributed by atoms with E-state index in [1.54, 1.807) is 19.3 Å². The van der Waals surface area contributed by atoms with E-state index in [9.17, 15) is 21.6 Å². The molecule has 0 aliphatic carbocycles. The van der Waals surface area contributed by atoms with E-state index in [1.807, 2.05) is 30.3 Å². The van der Waals surface area contributed by atoms with Gasteiger partial charge in [0, 0.05) is 18.8 Å². The standard InChI is InChI=1S/C22H17F3N6O2S/c1-3-34(32,33)21-18(19-28-15-11-17(22(23,24)25)26-12-16(15)30(19)2)20-27-14(9-10-31(20)29-21)13-7-5-4-6-8-13/h4-12H,3H2,1-2H3. The summed E-state index contributed by atoms with van der Waals surface area (Å²) in [6.45, 7) is 1.49. The number of halogens is 3. The van der Waals surface area contributed by atoms with Crippen molar-refractivity contribution in [1.29, 1.82) is 0 Å². The SMILES string of the molecule is CCS(=O)(=O)c1nn2ccc(-c3ccccc3)nc2c1-c1nc2cc(C(F)(F)F)ncc2n1C. The summed E-state index contributed by atoms with van der Waals surface area (Å²) in [5, 5.41) is 4.01. The summed E-state index contributed by atoms with van der Waals surface area (Å²) in [6.07, 6.45) is -1.98. The lowest BCUT2D eigenvalue weighted by Crippen LogP contribution is -2.07. The average Bonchev–Trinajstić information content (AvgIpc) is 3.36. The summed E-state index contributed by atoms with van der Waals surface area (Å²) in [5.41, 5.74) is 0.966. The van der Waals surface area contributed by atoms with Crippen LogP contribution in [0.5, 0.6) is 0 Å². The van der Waals surface area contributed by atoms with Gasteiger partial charge < -0.3 is 4.57 Å². The smallest absolute Gasteiger partial charge is 0.326 e. The molecule has 0 spiro atoms. The van der Waals surface area contributed by atoms with Gasteiger partial charge in [0.25, 0.3) is 0 Å². The molecule has 0 unspecified atom stereocenters. The van der Waals surface area contributed by atoms with Crippen LogP contribution in [-0.2, 0) is 23.1 Å². The maximum absolute atomic E-state index is 13.2. The van der Waals surface area contributed by atoms with Gasteiger partial charge in [-0.2, -0.15) is 18.3 Å². The van der Waals surface area contributed by atoms with Crippen LogP contribution in [0.3, 0.4) is 0 Å². The third kappa shape index (κ3) is 3.50. The van der Waals surface area contributed by atoms with Gasteiger partial charge in [0.15, 0.2) is 20.5 Å². The number of nitrogens with zero attached hydrogens (tertiary/aromatic N) is 6. The van der Waals surface area contributed by atoms with Gasteiger partial charge in [-0.05, 0) is 12.1 Å². The largest absolute Gasteiger partial charge is 0.433 e. The fourth-order valence-electron chi connectivity index (χ4n) is 3.70. The van der Waals surface area contributed by atoms with Crippen LogP contribution in [0, 0.1) is 0 Å². The average molecular weight is 486 g/mol. The Morgan fingerprint density at radius 2 is 1.79 bits per heavy atom. The molecule has 34 heavy (non-hydrogen) atoms. The van der Waals surface area contributed by atoms with Gasteiger partial charge in [-0.1, -0.05) is 37.3 Å². The van der Waals surface area contributed by atoms with Crippen molar-refractivity contribution in [2.45, 2.75) is 18.1 Å². The Morgan fingerprint density at radius 3 is 2.47 bits per heavy atom. The lowest BCUT2D eigenvalue weighted by Gasteiger charge is -2.06. The zero-order chi connectivity index (χ0) is 24.3. The number of sulfone groups is 1. The van der Waals surface area contributed by atoms with Crippen LogP contribution in [0.15, 0.2) is 59.9 Å². The highest BCUT2D eigenvalue weighted by molar-refractivity contribution is 7.91. The van der Waals surface area contributed by atoms with Crippen molar-refractivity contribution in [3.05, 3.63) is 60.6 Å². The van der Waals surface area contributed by atoms with Gasteiger partial charge in [0.05, 0.1) is 28.7 Å². The first kappa shape index (κ1) is 22.0. The van der Waals surface area contributed by atoms with Gasteiger partial charge >= 0.3 is 6.18 Å². The highest BCUT2D eigenvalue weighted by atomic mass is 32.2. The molecule has 0 saturated heterocycles. The number of alkyl halides is 3. The molecule has 0 saturated carbocycles. The molecule has 8 nitrogen and oxygen atoms in total. The quantitative estimate of drug-likeness (QED) is 0.379. The number of aryl methyl sites for hydroxylation is 1. The van der Waals surface area contributed by atoms with E-state index in [-0.39, 0.29) is 33.3 Å². The van der Waals surface area contributed by atoms with Crippen molar-refractivity contribution in [3.63, 3.8) is 0 Å². The summed E-state index contributed by atoms with van der Waals surface area (Å²) in [5.74, 6) is -0.102. The van der Waals surface area contributed by atoms with Gasteiger partial charge in [-0.25, -0.2) is 27.9 Å². The Labute approximate surface area is 191 Å². The highest BCUT2D eigenvalue weighted by Gasteiger charge is 2.34. The molecule has 4 aromatic heterocycles. The molecular weight excluding hydrogens is 469 g/mol. The lowest BCUT2D eigenvalue weighted by atomic mass is 10.1. The molecule has 0 atom stereocenters. The van der Waals surface area contributed by atoms with E-state index >= 15 is 0 Å². The second-order valence-electron chi connectivity index (χ2n) is 7.58. The molecule has 0 amide bonds. The first-order valence-corrected chi connectivity index (χ1v) is 11.8. The zero-order valence-corrected chi connectivity index (χ0v) is 18.8. The van der Waals surface area contributed by atoms with Crippen molar-refractivity contribution in [1.82, 2.24) is 29.1 Å². The number of fused-ring (bicyclic) bond motifs is 2. The van der Waals surface area contributed by atoms with E-state index in [2.05, 4.69) is 20.1 Å². The van der Waals surface area contributed by atoms with Crippen LogP contribution in [0.25, 0.3) is 39.3 Å². The molecule has 0 fully saturated rings. The summed E-state index contributed by atoms with van der Waals surface area (Å²) < 4.78 is 68.2. The topological polar surface area (TPSA) is 95.0 Å². The molecule has 0 aliphatic heterocycles.